The van der Waals surface area contributed by atoms with Gasteiger partial charge in [0.05, 0.1) is 32.3 Å². The predicted molar refractivity (Wildman–Crippen MR) is 132 cm³/mol. The lowest BCUT2D eigenvalue weighted by molar-refractivity contribution is -0.143. The van der Waals surface area contributed by atoms with Gasteiger partial charge in [0.2, 0.25) is 0 Å². The Balaban J connectivity index is 1.65. The molecule has 2 N–H and O–H groups in total. The summed E-state index contributed by atoms with van der Waals surface area (Å²) < 4.78 is 17.1. The van der Waals surface area contributed by atoms with Gasteiger partial charge < -0.3 is 10.4 Å². The van der Waals surface area contributed by atoms with Crippen LogP contribution in [0.4, 0.5) is 4.39 Å². The number of para-hydroxylation sites is 1. The molecular formula is C25H20Cl2FN3O4. The molecule has 0 saturated heterocycles. The zero-order valence-electron chi connectivity index (χ0n) is 18.7. The van der Waals surface area contributed by atoms with Crippen molar-refractivity contribution in [3.8, 4) is 5.69 Å². The summed E-state index contributed by atoms with van der Waals surface area (Å²) in [6.45, 7) is 1.32. The highest BCUT2D eigenvalue weighted by Gasteiger charge is 2.36. The minimum absolute atomic E-state index is 0.106. The summed E-state index contributed by atoms with van der Waals surface area (Å²) in [6, 6.07) is 15.6. The number of carboxylic acids is 1. The molecule has 0 fully saturated rings. The topological polar surface area (TPSA) is 93.3 Å². The van der Waals surface area contributed by atoms with Crippen molar-refractivity contribution in [2.24, 2.45) is 7.05 Å². The number of carboxylic acid groups (broad SMARTS) is 1. The molecular weight excluding hydrogens is 496 g/mol. The van der Waals surface area contributed by atoms with Crippen molar-refractivity contribution in [3.63, 3.8) is 0 Å². The molecule has 0 radical (unpaired) electrons. The highest BCUT2D eigenvalue weighted by Crippen LogP contribution is 2.26. The maximum absolute atomic E-state index is 14.2. The number of nitrogens with one attached hydrogen (secondary N) is 1. The number of benzene rings is 3. The van der Waals surface area contributed by atoms with E-state index in [1.165, 1.54) is 28.2 Å². The van der Waals surface area contributed by atoms with Crippen molar-refractivity contribution in [2.45, 2.75) is 18.9 Å². The van der Waals surface area contributed by atoms with E-state index in [2.05, 4.69) is 5.32 Å². The third kappa shape index (κ3) is 4.42. The molecule has 0 bridgehead atoms. The van der Waals surface area contributed by atoms with Gasteiger partial charge in [-0.1, -0.05) is 47.5 Å². The molecule has 0 saturated carbocycles. The largest absolute Gasteiger partial charge is 0.480 e. The van der Waals surface area contributed by atoms with E-state index in [4.69, 9.17) is 23.2 Å². The quantitative estimate of drug-likeness (QED) is 0.392. The molecule has 0 aliphatic heterocycles. The molecule has 3 aromatic carbocycles. The van der Waals surface area contributed by atoms with E-state index in [1.54, 1.807) is 49.5 Å². The van der Waals surface area contributed by atoms with E-state index in [1.807, 2.05) is 0 Å². The van der Waals surface area contributed by atoms with E-state index < -0.39 is 28.8 Å². The first-order valence-electron chi connectivity index (χ1n) is 10.5. The Labute approximate surface area is 209 Å². The summed E-state index contributed by atoms with van der Waals surface area (Å²) in [5, 5.41) is 12.5. The lowest BCUT2D eigenvalue weighted by Gasteiger charge is -2.27. The molecule has 1 heterocycles. The van der Waals surface area contributed by atoms with Crippen LogP contribution in [0.3, 0.4) is 0 Å². The van der Waals surface area contributed by atoms with Crippen LogP contribution in [-0.2, 0) is 18.3 Å². The molecule has 1 amide bonds. The summed E-state index contributed by atoms with van der Waals surface area (Å²) in [6.07, 6.45) is -0.106. The third-order valence-corrected chi connectivity index (χ3v) is 6.45. The van der Waals surface area contributed by atoms with Crippen LogP contribution in [-0.4, -0.2) is 31.7 Å². The minimum Gasteiger partial charge on any atom is -0.480 e. The Kier molecular flexibility index (Phi) is 6.44. The van der Waals surface area contributed by atoms with E-state index in [9.17, 15) is 23.9 Å². The summed E-state index contributed by atoms with van der Waals surface area (Å²) in [4.78, 5) is 37.6. The molecule has 35 heavy (non-hydrogen) atoms. The molecule has 4 rings (SSSR count). The second-order valence-electron chi connectivity index (χ2n) is 8.32. The fraction of sp³-hybridized carbons (Fsp3) is 0.160. The van der Waals surface area contributed by atoms with Crippen LogP contribution in [0.25, 0.3) is 16.7 Å². The number of amides is 1. The maximum Gasteiger partial charge on any atom is 0.333 e. The van der Waals surface area contributed by atoms with Crippen LogP contribution in [0.5, 0.6) is 0 Å². The first kappa shape index (κ1) is 24.5. The van der Waals surface area contributed by atoms with Gasteiger partial charge in [0.15, 0.2) is 0 Å². The predicted octanol–water partition coefficient (Wildman–Crippen LogP) is 4.59. The van der Waals surface area contributed by atoms with Crippen molar-refractivity contribution < 1.29 is 19.1 Å². The number of aryl methyl sites for hydroxylation is 1. The Morgan fingerprint density at radius 3 is 2.29 bits per heavy atom. The lowest BCUT2D eigenvalue weighted by atomic mass is 9.92. The maximum atomic E-state index is 14.2. The fourth-order valence-electron chi connectivity index (χ4n) is 3.96. The van der Waals surface area contributed by atoms with Gasteiger partial charge in [0, 0.05) is 13.5 Å². The van der Waals surface area contributed by atoms with Gasteiger partial charge in [-0.3, -0.25) is 13.9 Å². The molecule has 10 heteroatoms. The molecule has 0 spiro atoms. The van der Waals surface area contributed by atoms with Gasteiger partial charge >= 0.3 is 11.7 Å². The van der Waals surface area contributed by atoms with Crippen LogP contribution in [0.15, 0.2) is 65.5 Å². The SMILES string of the molecule is Cn1c(=O)n(-c2ccc(CC(C)(NC(=O)c3c(F)cccc3Cl)C(=O)O)cc2)c2c(Cl)cccc21. The minimum atomic E-state index is -1.76. The molecule has 1 atom stereocenters. The first-order chi connectivity index (χ1) is 16.5. The number of hydrogen-bond acceptors (Lipinski definition) is 3. The van der Waals surface area contributed by atoms with E-state index in [0.29, 0.717) is 27.3 Å². The van der Waals surface area contributed by atoms with Gasteiger partial charge in [-0.05, 0) is 48.9 Å². The van der Waals surface area contributed by atoms with Gasteiger partial charge in [0.1, 0.15) is 11.4 Å². The second-order valence-corrected chi connectivity index (χ2v) is 9.13. The summed E-state index contributed by atoms with van der Waals surface area (Å²) in [5.41, 5.74) is -0.147. The Hall–Kier alpha value is -3.62. The average molecular weight is 516 g/mol. The number of imidazole rings is 1. The van der Waals surface area contributed by atoms with Crippen LogP contribution >= 0.6 is 23.2 Å². The molecule has 7 nitrogen and oxygen atoms in total. The number of aromatic nitrogens is 2. The molecule has 4 aromatic rings. The van der Waals surface area contributed by atoms with Crippen LogP contribution in [0, 0.1) is 5.82 Å². The highest BCUT2D eigenvalue weighted by atomic mass is 35.5. The van der Waals surface area contributed by atoms with Crippen LogP contribution in [0.2, 0.25) is 10.0 Å². The molecule has 1 unspecified atom stereocenters. The summed E-state index contributed by atoms with van der Waals surface area (Å²) >= 11 is 12.3. The van der Waals surface area contributed by atoms with Gasteiger partial charge in [0.25, 0.3) is 5.91 Å². The van der Waals surface area contributed by atoms with Gasteiger partial charge in [-0.2, -0.15) is 0 Å². The van der Waals surface area contributed by atoms with Crippen molar-refractivity contribution in [3.05, 3.63) is 98.1 Å². The van der Waals surface area contributed by atoms with Crippen molar-refractivity contribution >= 4 is 46.1 Å². The number of rotatable bonds is 6. The monoisotopic (exact) mass is 515 g/mol. The standard InChI is InChI=1S/C25H20Cl2FN3O4/c1-25(23(33)34,29-22(32)20-16(26)5-3-7-18(20)28)13-14-9-11-15(12-10-14)31-21-17(27)6-4-8-19(21)30(2)24(31)35/h3-12H,13H2,1-2H3,(H,29,32)(H,33,34). The number of carbonyl (C=O) groups is 2. The second kappa shape index (κ2) is 9.20. The smallest absolute Gasteiger partial charge is 0.333 e. The number of hydrogen-bond donors (Lipinski definition) is 2. The zero-order valence-corrected chi connectivity index (χ0v) is 20.2. The Bertz CT molecular complexity index is 1510. The number of carbonyl (C=O) groups excluding carboxylic acids is 1. The van der Waals surface area contributed by atoms with E-state index >= 15 is 0 Å². The zero-order chi connectivity index (χ0) is 25.5. The lowest BCUT2D eigenvalue weighted by Crippen LogP contribution is -2.54. The van der Waals surface area contributed by atoms with Crippen molar-refractivity contribution in [2.75, 3.05) is 0 Å². The summed E-state index contributed by atoms with van der Waals surface area (Å²) in [7, 11) is 1.65. The molecule has 0 aliphatic carbocycles. The number of fused-ring (bicyclic) bond motifs is 1. The van der Waals surface area contributed by atoms with E-state index in [0.717, 1.165) is 6.07 Å². The normalized spacial score (nSPS) is 12.9. The fourth-order valence-corrected chi connectivity index (χ4v) is 4.46. The molecule has 0 aliphatic rings. The molecule has 180 valence electrons. The van der Waals surface area contributed by atoms with E-state index in [-0.39, 0.29) is 17.1 Å². The van der Waals surface area contributed by atoms with Crippen molar-refractivity contribution in [1.82, 2.24) is 14.5 Å². The Morgan fingerprint density at radius 1 is 1.03 bits per heavy atom. The number of nitrogens with zero attached hydrogens (tertiary/aromatic N) is 2. The number of halogens is 3. The van der Waals surface area contributed by atoms with Crippen LogP contribution in [0.1, 0.15) is 22.8 Å². The number of aliphatic carboxylic acids is 1. The van der Waals surface area contributed by atoms with Crippen molar-refractivity contribution in [1.29, 1.82) is 0 Å². The third-order valence-electron chi connectivity index (χ3n) is 5.83. The summed E-state index contributed by atoms with van der Waals surface area (Å²) in [5.74, 6) is -3.10. The Morgan fingerprint density at radius 2 is 1.66 bits per heavy atom. The van der Waals surface area contributed by atoms with Gasteiger partial charge in [-0.25, -0.2) is 14.0 Å². The molecule has 1 aromatic heterocycles. The highest BCUT2D eigenvalue weighted by molar-refractivity contribution is 6.35. The first-order valence-corrected chi connectivity index (χ1v) is 11.2. The average Bonchev–Trinajstić information content (AvgIpc) is 3.05. The van der Waals surface area contributed by atoms with Gasteiger partial charge in [-0.15, -0.1) is 0 Å². The van der Waals surface area contributed by atoms with Crippen LogP contribution < -0.4 is 11.0 Å².